The molecule has 5 heterocycles. The molecule has 0 saturated carbocycles. The zero-order valence-electron chi connectivity index (χ0n) is 27.1. The molecule has 1 fully saturated rings. The largest absolute Gasteiger partial charge is 0.508 e. The lowest BCUT2D eigenvalue weighted by Gasteiger charge is -2.41. The van der Waals surface area contributed by atoms with E-state index in [0.717, 1.165) is 68.0 Å². The van der Waals surface area contributed by atoms with Gasteiger partial charge in [0, 0.05) is 42.4 Å². The summed E-state index contributed by atoms with van der Waals surface area (Å²) in [7, 11) is 0. The fourth-order valence-corrected chi connectivity index (χ4v) is 7.14. The number of nitrogens with two attached hydrogens (primary N) is 1. The molecule has 254 valence electrons. The molecule has 7 rings (SSSR count). The minimum atomic E-state index is -0.618. The van der Waals surface area contributed by atoms with Crippen molar-refractivity contribution < 1.29 is 13.9 Å². The van der Waals surface area contributed by atoms with Gasteiger partial charge in [-0.05, 0) is 82.3 Å². The van der Waals surface area contributed by atoms with Gasteiger partial charge in [0.2, 0.25) is 0 Å². The molecule has 2 aliphatic heterocycles. The van der Waals surface area contributed by atoms with Crippen LogP contribution < -0.4 is 11.4 Å². The van der Waals surface area contributed by atoms with Crippen molar-refractivity contribution in [2.24, 2.45) is 0 Å². The van der Waals surface area contributed by atoms with Gasteiger partial charge < -0.3 is 20.2 Å². The third kappa shape index (κ3) is 6.39. The van der Waals surface area contributed by atoms with Crippen LogP contribution >= 0.6 is 24.8 Å². The average molecular weight is 697 g/mol. The van der Waals surface area contributed by atoms with E-state index in [1.807, 2.05) is 25.1 Å². The summed E-state index contributed by atoms with van der Waals surface area (Å²) in [6.07, 6.45) is 6.76. The monoisotopic (exact) mass is 695 g/mol. The van der Waals surface area contributed by atoms with E-state index >= 15 is 0 Å². The normalized spacial score (nSPS) is 16.9. The van der Waals surface area contributed by atoms with Crippen LogP contribution in [0.5, 0.6) is 5.75 Å². The van der Waals surface area contributed by atoms with Crippen molar-refractivity contribution in [3.63, 3.8) is 0 Å². The smallest absolute Gasteiger partial charge is 0.343 e. The first-order valence-electron chi connectivity index (χ1n) is 15.9. The third-order valence-electron chi connectivity index (χ3n) is 9.59. The molecule has 3 aromatic heterocycles. The number of aromatic nitrogens is 4. The van der Waals surface area contributed by atoms with Crippen LogP contribution in [0.1, 0.15) is 57.4 Å². The van der Waals surface area contributed by atoms with Gasteiger partial charge in [0.05, 0.1) is 10.8 Å². The first-order valence-corrected chi connectivity index (χ1v) is 15.9. The lowest BCUT2D eigenvalue weighted by atomic mass is 9.91. The minimum Gasteiger partial charge on any atom is -0.508 e. The van der Waals surface area contributed by atoms with Gasteiger partial charge in [0.15, 0.2) is 5.65 Å². The molecule has 13 heteroatoms. The first kappa shape index (κ1) is 35.3. The Bertz CT molecular complexity index is 2020. The van der Waals surface area contributed by atoms with Crippen LogP contribution in [-0.4, -0.2) is 72.9 Å². The van der Waals surface area contributed by atoms with Crippen molar-refractivity contribution in [2.75, 3.05) is 31.9 Å². The number of hydrogen-bond acceptors (Lipinski definition) is 9. The number of rotatable bonds is 6. The number of piperidine rings is 1. The molecular formula is C35H40Cl2FN7O3. The number of hydrogen-bond donors (Lipinski definition) is 2. The molecule has 1 saturated heterocycles. The highest BCUT2D eigenvalue weighted by Crippen LogP contribution is 2.39. The molecule has 1 unspecified atom stereocenters. The lowest BCUT2D eigenvalue weighted by Crippen LogP contribution is -2.47. The molecule has 0 bridgehead atoms. The molecule has 0 aliphatic carbocycles. The van der Waals surface area contributed by atoms with Gasteiger partial charge in [-0.15, -0.1) is 24.8 Å². The molecule has 0 amide bonds. The van der Waals surface area contributed by atoms with Crippen LogP contribution in [0, 0.1) is 5.82 Å². The second-order valence-corrected chi connectivity index (χ2v) is 12.6. The molecule has 10 nitrogen and oxygen atoms in total. The molecule has 0 spiro atoms. The summed E-state index contributed by atoms with van der Waals surface area (Å²) in [5.41, 5.74) is 8.93. The maximum absolute atomic E-state index is 14.4. The van der Waals surface area contributed by atoms with Crippen molar-refractivity contribution in [3.8, 4) is 17.0 Å². The first-order chi connectivity index (χ1) is 22.2. The highest BCUT2D eigenvalue weighted by molar-refractivity contribution is 5.99. The van der Waals surface area contributed by atoms with Crippen molar-refractivity contribution >= 4 is 58.0 Å². The maximum atomic E-state index is 14.4. The van der Waals surface area contributed by atoms with E-state index in [-0.39, 0.29) is 36.4 Å². The summed E-state index contributed by atoms with van der Waals surface area (Å²) in [5.74, 6) is -0.235. The number of nitrogens with zero attached hydrogens (tertiary/aromatic N) is 6. The Morgan fingerprint density at radius 1 is 1.02 bits per heavy atom. The van der Waals surface area contributed by atoms with Crippen LogP contribution in [0.3, 0.4) is 0 Å². The van der Waals surface area contributed by atoms with Crippen LogP contribution in [0.15, 0.2) is 64.1 Å². The number of nitrogen functional groups attached to an aromatic ring is 1. The SMILES string of the molecule is CC(C)N1CCC(N2CC=C(c3c(C(C)n4nc(-c5cc(O)cc(F)c5)c5c(N)ncnc54)oc(=O)c4ccccc34)CC2)CC1.Cl.Cl. The summed E-state index contributed by atoms with van der Waals surface area (Å²) < 4.78 is 22.2. The molecule has 2 aliphatic rings. The standard InChI is InChI=1S/C35H38FN7O3.2ClH/c1-20(2)41-14-10-25(11-15-41)42-12-8-22(9-13-42)29-27-6-4-5-7-28(27)35(45)46-32(29)21(3)43-34-30(33(37)38-19-39-34)31(40-43)23-16-24(36)18-26(44)17-23;;/h4-8,16-21,25,44H,9-15H2,1-3H3,(H2,37,38,39);2*1H. The summed E-state index contributed by atoms with van der Waals surface area (Å²) in [5, 5.41) is 16.7. The fraction of sp³-hybridized carbons (Fsp3) is 0.371. The van der Waals surface area contributed by atoms with Crippen LogP contribution in [-0.2, 0) is 0 Å². The van der Waals surface area contributed by atoms with E-state index in [4.69, 9.17) is 15.2 Å². The molecule has 1 atom stereocenters. The Morgan fingerprint density at radius 2 is 1.75 bits per heavy atom. The van der Waals surface area contributed by atoms with E-state index in [9.17, 15) is 14.3 Å². The number of likely N-dealkylation sites (tertiary alicyclic amines) is 1. The molecule has 0 radical (unpaired) electrons. The zero-order chi connectivity index (χ0) is 32.1. The molecular weight excluding hydrogens is 656 g/mol. The summed E-state index contributed by atoms with van der Waals surface area (Å²) in [4.78, 5) is 27.2. The zero-order valence-corrected chi connectivity index (χ0v) is 28.7. The number of halogens is 3. The van der Waals surface area contributed by atoms with Gasteiger partial charge in [0.1, 0.15) is 41.2 Å². The quantitative estimate of drug-likeness (QED) is 0.206. The van der Waals surface area contributed by atoms with Crippen molar-refractivity contribution in [1.82, 2.24) is 29.5 Å². The fourth-order valence-electron chi connectivity index (χ4n) is 7.14. The van der Waals surface area contributed by atoms with E-state index in [1.165, 1.54) is 18.5 Å². The molecule has 5 aromatic rings. The van der Waals surface area contributed by atoms with E-state index < -0.39 is 17.5 Å². The Labute approximate surface area is 290 Å². The van der Waals surface area contributed by atoms with Crippen molar-refractivity contribution in [1.29, 1.82) is 0 Å². The summed E-state index contributed by atoms with van der Waals surface area (Å²) in [6.45, 7) is 10.4. The Morgan fingerprint density at radius 3 is 2.42 bits per heavy atom. The molecule has 48 heavy (non-hydrogen) atoms. The number of benzene rings is 2. The van der Waals surface area contributed by atoms with Gasteiger partial charge in [-0.1, -0.05) is 24.3 Å². The Balaban J connectivity index is 0.00000225. The van der Waals surface area contributed by atoms with Crippen LogP contribution in [0.25, 0.3) is 38.6 Å². The molecule has 3 N–H and O–H groups in total. The van der Waals surface area contributed by atoms with Crippen molar-refractivity contribution in [3.05, 3.63) is 82.4 Å². The van der Waals surface area contributed by atoms with Crippen LogP contribution in [0.4, 0.5) is 10.2 Å². The van der Waals surface area contributed by atoms with Gasteiger partial charge in [0.25, 0.3) is 0 Å². The van der Waals surface area contributed by atoms with E-state index in [0.29, 0.717) is 45.5 Å². The minimum absolute atomic E-state index is 0. The van der Waals surface area contributed by atoms with Gasteiger partial charge in [-0.2, -0.15) is 5.10 Å². The van der Waals surface area contributed by atoms with Gasteiger partial charge in [-0.25, -0.2) is 23.8 Å². The summed E-state index contributed by atoms with van der Waals surface area (Å²) >= 11 is 0. The third-order valence-corrected chi connectivity index (χ3v) is 9.59. The predicted molar refractivity (Wildman–Crippen MR) is 191 cm³/mol. The highest BCUT2D eigenvalue weighted by Gasteiger charge is 2.31. The van der Waals surface area contributed by atoms with Crippen LogP contribution in [0.2, 0.25) is 0 Å². The van der Waals surface area contributed by atoms with Crippen molar-refractivity contribution in [2.45, 2.75) is 58.2 Å². The van der Waals surface area contributed by atoms with E-state index in [1.54, 1.807) is 10.7 Å². The summed E-state index contributed by atoms with van der Waals surface area (Å²) in [6, 6.07) is 11.8. The second-order valence-electron chi connectivity index (χ2n) is 12.6. The number of phenols is 1. The Kier molecular flexibility index (Phi) is 10.4. The van der Waals surface area contributed by atoms with E-state index in [2.05, 4.69) is 39.7 Å². The second kappa shape index (κ2) is 14.2. The Hall–Kier alpha value is -4.03. The number of phenolic OH excluding ortho intramolecular Hbond substituents is 1. The highest BCUT2D eigenvalue weighted by atomic mass is 35.5. The number of aromatic hydroxyl groups is 1. The lowest BCUT2D eigenvalue weighted by molar-refractivity contribution is 0.0988. The predicted octanol–water partition coefficient (Wildman–Crippen LogP) is 6.44. The average Bonchev–Trinajstić information content (AvgIpc) is 3.45. The maximum Gasteiger partial charge on any atom is 0.343 e. The molecule has 2 aromatic carbocycles. The number of fused-ring (bicyclic) bond motifs is 2. The van der Waals surface area contributed by atoms with Gasteiger partial charge in [-0.3, -0.25) is 4.90 Å². The number of anilines is 1. The topological polar surface area (TPSA) is 127 Å². The van der Waals surface area contributed by atoms with Gasteiger partial charge >= 0.3 is 5.63 Å².